The van der Waals surface area contributed by atoms with Gasteiger partial charge >= 0.3 is 0 Å². The third-order valence-electron chi connectivity index (χ3n) is 3.27. The molecule has 1 aromatic heterocycles. The molecule has 0 atom stereocenters. The van der Waals surface area contributed by atoms with Gasteiger partial charge in [0.25, 0.3) is 0 Å². The molecule has 1 aliphatic rings. The first-order valence-corrected chi connectivity index (χ1v) is 5.56. The molecule has 82 valence electrons. The average Bonchev–Trinajstić information content (AvgIpc) is 3.00. The van der Waals surface area contributed by atoms with E-state index in [2.05, 4.69) is 4.98 Å². The zero-order valence-electron chi connectivity index (χ0n) is 9.02. The van der Waals surface area contributed by atoms with Crippen LogP contribution in [0.5, 0.6) is 0 Å². The summed E-state index contributed by atoms with van der Waals surface area (Å²) in [6.07, 6.45) is 3.91. The first-order chi connectivity index (χ1) is 7.84. The van der Waals surface area contributed by atoms with Crippen LogP contribution in [-0.2, 0) is 5.41 Å². The predicted octanol–water partition coefficient (Wildman–Crippen LogP) is 2.33. The van der Waals surface area contributed by atoms with Crippen LogP contribution in [0.1, 0.15) is 18.7 Å². The lowest BCUT2D eigenvalue weighted by Crippen LogP contribution is -2.19. The van der Waals surface area contributed by atoms with Crippen molar-refractivity contribution in [1.82, 2.24) is 4.98 Å². The van der Waals surface area contributed by atoms with Crippen LogP contribution in [0.4, 0.5) is 0 Å². The first-order valence-electron chi connectivity index (χ1n) is 5.56. The van der Waals surface area contributed by atoms with Gasteiger partial charge in [-0.25, -0.2) is 4.98 Å². The van der Waals surface area contributed by atoms with E-state index in [1.165, 1.54) is 0 Å². The predicted molar refractivity (Wildman–Crippen MR) is 61.9 cm³/mol. The fourth-order valence-electron chi connectivity index (χ4n) is 1.92. The molecule has 0 radical (unpaired) electrons. The molecule has 3 rings (SSSR count). The highest BCUT2D eigenvalue weighted by Crippen LogP contribution is 2.47. The van der Waals surface area contributed by atoms with Gasteiger partial charge in [0.05, 0.1) is 5.41 Å². The van der Waals surface area contributed by atoms with Crippen molar-refractivity contribution in [3.05, 3.63) is 42.5 Å². The Morgan fingerprint density at radius 2 is 2.00 bits per heavy atom. The first kappa shape index (κ1) is 9.60. The van der Waals surface area contributed by atoms with Gasteiger partial charge in [-0.05, 0) is 12.8 Å². The molecule has 0 unspecified atom stereocenters. The third-order valence-corrected chi connectivity index (χ3v) is 3.27. The van der Waals surface area contributed by atoms with Crippen molar-refractivity contribution < 1.29 is 4.42 Å². The molecule has 1 heterocycles. The van der Waals surface area contributed by atoms with E-state index in [1.54, 1.807) is 6.26 Å². The van der Waals surface area contributed by atoms with Gasteiger partial charge in [-0.3, -0.25) is 0 Å². The normalized spacial score (nSPS) is 17.3. The molecule has 0 saturated heterocycles. The Kier molecular flexibility index (Phi) is 2.07. The Morgan fingerprint density at radius 3 is 2.62 bits per heavy atom. The molecule has 2 aromatic rings. The molecule has 2 N–H and O–H groups in total. The summed E-state index contributed by atoms with van der Waals surface area (Å²) in [4.78, 5) is 4.54. The largest absolute Gasteiger partial charge is 0.448 e. The number of hydrogen-bond donors (Lipinski definition) is 1. The van der Waals surface area contributed by atoms with Gasteiger partial charge in [-0.1, -0.05) is 30.3 Å². The smallest absolute Gasteiger partial charge is 0.202 e. The fourth-order valence-corrected chi connectivity index (χ4v) is 1.92. The van der Waals surface area contributed by atoms with Gasteiger partial charge in [0.2, 0.25) is 5.89 Å². The monoisotopic (exact) mass is 214 g/mol. The molecule has 16 heavy (non-hydrogen) atoms. The minimum Gasteiger partial charge on any atom is -0.448 e. The van der Waals surface area contributed by atoms with Gasteiger partial charge < -0.3 is 10.2 Å². The molecule has 1 fully saturated rings. The second-order valence-corrected chi connectivity index (χ2v) is 4.39. The van der Waals surface area contributed by atoms with Crippen LogP contribution in [0, 0.1) is 0 Å². The Hall–Kier alpha value is -1.61. The summed E-state index contributed by atoms with van der Waals surface area (Å²) in [5.41, 5.74) is 7.77. The minimum atomic E-state index is 0.0348. The van der Waals surface area contributed by atoms with Crippen LogP contribution in [0.2, 0.25) is 0 Å². The Balaban J connectivity index is 1.94. The maximum Gasteiger partial charge on any atom is 0.202 e. The van der Waals surface area contributed by atoms with Crippen LogP contribution in [-0.4, -0.2) is 11.5 Å². The molecular weight excluding hydrogens is 200 g/mol. The quantitative estimate of drug-likeness (QED) is 0.853. The second-order valence-electron chi connectivity index (χ2n) is 4.39. The van der Waals surface area contributed by atoms with Crippen LogP contribution in [0.25, 0.3) is 11.3 Å². The summed E-state index contributed by atoms with van der Waals surface area (Å²) in [5.74, 6) is 0.800. The standard InChI is InChI=1S/C13H14N2O/c14-9-13(6-7-13)12-15-11(8-16-12)10-4-2-1-3-5-10/h1-5,8H,6-7,9,14H2. The van der Waals surface area contributed by atoms with Gasteiger partial charge in [0.15, 0.2) is 0 Å². The Bertz CT molecular complexity index is 486. The maximum absolute atomic E-state index is 5.75. The molecule has 3 nitrogen and oxygen atoms in total. The lowest BCUT2D eigenvalue weighted by Gasteiger charge is -2.04. The second kappa shape index (κ2) is 3.46. The highest BCUT2D eigenvalue weighted by atomic mass is 16.3. The topological polar surface area (TPSA) is 52.0 Å². The number of nitrogens with two attached hydrogens (primary N) is 1. The van der Waals surface area contributed by atoms with Crippen molar-refractivity contribution in [2.75, 3.05) is 6.54 Å². The third kappa shape index (κ3) is 1.44. The summed E-state index contributed by atoms with van der Waals surface area (Å²) >= 11 is 0. The zero-order valence-corrected chi connectivity index (χ0v) is 9.02. The van der Waals surface area contributed by atoms with E-state index in [4.69, 9.17) is 10.2 Å². The van der Waals surface area contributed by atoms with Gasteiger partial charge in [0, 0.05) is 12.1 Å². The Morgan fingerprint density at radius 1 is 1.25 bits per heavy atom. The maximum atomic E-state index is 5.75. The van der Waals surface area contributed by atoms with E-state index in [0.29, 0.717) is 6.54 Å². The van der Waals surface area contributed by atoms with Crippen LogP contribution in [0.15, 0.2) is 41.0 Å². The Labute approximate surface area is 94.3 Å². The van der Waals surface area contributed by atoms with Crippen LogP contribution >= 0.6 is 0 Å². The van der Waals surface area contributed by atoms with Crippen molar-refractivity contribution in [3.63, 3.8) is 0 Å². The molecule has 1 aliphatic carbocycles. The summed E-state index contributed by atoms with van der Waals surface area (Å²) in [7, 11) is 0. The van der Waals surface area contributed by atoms with Gasteiger partial charge in [-0.2, -0.15) is 0 Å². The van der Waals surface area contributed by atoms with Crippen LogP contribution < -0.4 is 5.73 Å². The highest BCUT2D eigenvalue weighted by Gasteiger charge is 2.47. The van der Waals surface area contributed by atoms with E-state index in [1.807, 2.05) is 30.3 Å². The number of hydrogen-bond acceptors (Lipinski definition) is 3. The summed E-state index contributed by atoms with van der Waals surface area (Å²) in [6, 6.07) is 10.1. The zero-order chi connectivity index (χ0) is 11.0. The molecule has 1 aromatic carbocycles. The molecule has 1 saturated carbocycles. The SMILES string of the molecule is NCC1(c2nc(-c3ccccc3)co2)CC1. The number of rotatable bonds is 3. The highest BCUT2D eigenvalue weighted by molar-refractivity contribution is 5.57. The van der Waals surface area contributed by atoms with Crippen molar-refractivity contribution in [2.45, 2.75) is 18.3 Å². The van der Waals surface area contributed by atoms with Gasteiger partial charge in [-0.15, -0.1) is 0 Å². The minimum absolute atomic E-state index is 0.0348. The lowest BCUT2D eigenvalue weighted by atomic mass is 10.1. The molecule has 0 aliphatic heterocycles. The average molecular weight is 214 g/mol. The van der Waals surface area contributed by atoms with Crippen molar-refractivity contribution in [1.29, 1.82) is 0 Å². The van der Waals surface area contributed by atoms with Crippen molar-refractivity contribution in [3.8, 4) is 11.3 Å². The van der Waals surface area contributed by atoms with E-state index >= 15 is 0 Å². The van der Waals surface area contributed by atoms with Crippen molar-refractivity contribution in [2.24, 2.45) is 5.73 Å². The molecular formula is C13H14N2O. The van der Waals surface area contributed by atoms with E-state index < -0.39 is 0 Å². The molecule has 0 spiro atoms. The summed E-state index contributed by atoms with van der Waals surface area (Å²) in [5, 5.41) is 0. The number of oxazole rings is 1. The van der Waals surface area contributed by atoms with Gasteiger partial charge in [0.1, 0.15) is 12.0 Å². The summed E-state index contributed by atoms with van der Waals surface area (Å²) < 4.78 is 5.55. The summed E-state index contributed by atoms with van der Waals surface area (Å²) in [6.45, 7) is 0.627. The van der Waals surface area contributed by atoms with E-state index in [0.717, 1.165) is 30.0 Å². The van der Waals surface area contributed by atoms with Crippen molar-refractivity contribution >= 4 is 0 Å². The number of aromatic nitrogens is 1. The van der Waals surface area contributed by atoms with E-state index in [-0.39, 0.29) is 5.41 Å². The fraction of sp³-hybridized carbons (Fsp3) is 0.308. The number of benzene rings is 1. The van der Waals surface area contributed by atoms with E-state index in [9.17, 15) is 0 Å². The molecule has 3 heteroatoms. The number of nitrogens with zero attached hydrogens (tertiary/aromatic N) is 1. The lowest BCUT2D eigenvalue weighted by molar-refractivity contribution is 0.437. The van der Waals surface area contributed by atoms with Crippen LogP contribution in [0.3, 0.4) is 0 Å². The molecule has 0 bridgehead atoms. The molecule has 0 amide bonds.